The van der Waals surface area contributed by atoms with Crippen LogP contribution in [0.3, 0.4) is 0 Å². The van der Waals surface area contributed by atoms with Gasteiger partial charge < -0.3 is 15.2 Å². The molecule has 0 radical (unpaired) electrons. The Hall–Kier alpha value is -0.970. The van der Waals surface area contributed by atoms with Gasteiger partial charge in [0.2, 0.25) is 0 Å². The van der Waals surface area contributed by atoms with E-state index < -0.39 is 0 Å². The van der Waals surface area contributed by atoms with Crippen molar-refractivity contribution in [3.8, 4) is 0 Å². The Morgan fingerprint density at radius 3 is 2.93 bits per heavy atom. The number of hydrogen-bond acceptors (Lipinski definition) is 4. The quantitative estimate of drug-likeness (QED) is 0.798. The molecule has 82 valence electrons. The molecule has 0 amide bonds. The standard InChI is InChI=1S/C11H16N2O2/c12-7-11(9-1-4-13-5-2-9)15-10-3-6-14-8-10/h1-2,4-5,10-11H,3,6-8,12H2. The van der Waals surface area contributed by atoms with Crippen LogP contribution in [0.4, 0.5) is 0 Å². The van der Waals surface area contributed by atoms with E-state index in [2.05, 4.69) is 4.98 Å². The highest BCUT2D eigenvalue weighted by atomic mass is 16.5. The smallest absolute Gasteiger partial charge is 0.0953 e. The fourth-order valence-electron chi connectivity index (χ4n) is 1.70. The molecule has 15 heavy (non-hydrogen) atoms. The Morgan fingerprint density at radius 1 is 1.53 bits per heavy atom. The monoisotopic (exact) mass is 208 g/mol. The lowest BCUT2D eigenvalue weighted by atomic mass is 10.1. The first-order valence-electron chi connectivity index (χ1n) is 5.23. The SMILES string of the molecule is NCC(OC1CCOC1)c1ccncc1. The summed E-state index contributed by atoms with van der Waals surface area (Å²) in [5.74, 6) is 0. The number of nitrogens with zero attached hydrogens (tertiary/aromatic N) is 1. The van der Waals surface area contributed by atoms with Crippen molar-refractivity contribution in [3.05, 3.63) is 30.1 Å². The molecule has 1 saturated heterocycles. The minimum atomic E-state index is -0.0419. The van der Waals surface area contributed by atoms with Gasteiger partial charge in [0.25, 0.3) is 0 Å². The zero-order chi connectivity index (χ0) is 10.5. The fraction of sp³-hybridized carbons (Fsp3) is 0.545. The first-order valence-corrected chi connectivity index (χ1v) is 5.23. The molecule has 1 aliphatic rings. The van der Waals surface area contributed by atoms with E-state index in [0.29, 0.717) is 13.2 Å². The van der Waals surface area contributed by atoms with Crippen molar-refractivity contribution >= 4 is 0 Å². The molecule has 2 rings (SSSR count). The predicted molar refractivity (Wildman–Crippen MR) is 56.3 cm³/mol. The normalized spacial score (nSPS) is 22.9. The molecule has 0 spiro atoms. The molecule has 2 unspecified atom stereocenters. The van der Waals surface area contributed by atoms with E-state index in [9.17, 15) is 0 Å². The molecular formula is C11H16N2O2. The van der Waals surface area contributed by atoms with Crippen LogP contribution >= 0.6 is 0 Å². The van der Waals surface area contributed by atoms with E-state index >= 15 is 0 Å². The van der Waals surface area contributed by atoms with Crippen LogP contribution in [0.25, 0.3) is 0 Å². The highest BCUT2D eigenvalue weighted by Gasteiger charge is 2.21. The topological polar surface area (TPSA) is 57.4 Å². The van der Waals surface area contributed by atoms with E-state index in [1.54, 1.807) is 12.4 Å². The van der Waals surface area contributed by atoms with Gasteiger partial charge in [-0.05, 0) is 24.1 Å². The van der Waals surface area contributed by atoms with Crippen LogP contribution in [-0.2, 0) is 9.47 Å². The van der Waals surface area contributed by atoms with E-state index in [0.717, 1.165) is 18.6 Å². The van der Waals surface area contributed by atoms with Crippen LogP contribution in [0.5, 0.6) is 0 Å². The van der Waals surface area contributed by atoms with Crippen molar-refractivity contribution in [1.82, 2.24) is 4.98 Å². The first-order chi connectivity index (χ1) is 7.40. The lowest BCUT2D eigenvalue weighted by Gasteiger charge is -2.19. The van der Waals surface area contributed by atoms with Gasteiger partial charge >= 0.3 is 0 Å². The second kappa shape index (κ2) is 5.21. The van der Waals surface area contributed by atoms with Crippen LogP contribution in [-0.4, -0.2) is 30.8 Å². The summed E-state index contributed by atoms with van der Waals surface area (Å²) in [7, 11) is 0. The van der Waals surface area contributed by atoms with Gasteiger partial charge in [-0.25, -0.2) is 0 Å². The Kier molecular flexibility index (Phi) is 3.66. The summed E-state index contributed by atoms with van der Waals surface area (Å²) >= 11 is 0. The summed E-state index contributed by atoms with van der Waals surface area (Å²) in [6.07, 6.45) is 4.62. The van der Waals surface area contributed by atoms with Gasteiger partial charge in [0.15, 0.2) is 0 Å². The Labute approximate surface area is 89.4 Å². The van der Waals surface area contributed by atoms with Crippen LogP contribution in [0.2, 0.25) is 0 Å². The lowest BCUT2D eigenvalue weighted by Crippen LogP contribution is -2.22. The molecule has 1 aliphatic heterocycles. The number of aromatic nitrogens is 1. The van der Waals surface area contributed by atoms with Gasteiger partial charge in [-0.15, -0.1) is 0 Å². The van der Waals surface area contributed by atoms with Crippen molar-refractivity contribution in [2.24, 2.45) is 5.73 Å². The van der Waals surface area contributed by atoms with E-state index in [1.165, 1.54) is 0 Å². The van der Waals surface area contributed by atoms with Crippen LogP contribution < -0.4 is 5.73 Å². The van der Waals surface area contributed by atoms with Crippen molar-refractivity contribution in [1.29, 1.82) is 0 Å². The van der Waals surface area contributed by atoms with Crippen molar-refractivity contribution < 1.29 is 9.47 Å². The Balaban J connectivity index is 1.97. The maximum Gasteiger partial charge on any atom is 0.0953 e. The number of nitrogens with two attached hydrogens (primary N) is 1. The van der Waals surface area contributed by atoms with E-state index in [1.807, 2.05) is 12.1 Å². The molecule has 0 aliphatic carbocycles. The number of pyridine rings is 1. The second-order valence-corrected chi connectivity index (χ2v) is 3.63. The van der Waals surface area contributed by atoms with Gasteiger partial charge in [0.05, 0.1) is 18.8 Å². The van der Waals surface area contributed by atoms with Crippen LogP contribution in [0.15, 0.2) is 24.5 Å². The second-order valence-electron chi connectivity index (χ2n) is 3.63. The zero-order valence-electron chi connectivity index (χ0n) is 8.63. The van der Waals surface area contributed by atoms with Crippen LogP contribution in [0.1, 0.15) is 18.1 Å². The maximum absolute atomic E-state index is 5.87. The summed E-state index contributed by atoms with van der Waals surface area (Å²) in [6, 6.07) is 3.88. The molecule has 1 fully saturated rings. The molecule has 1 aromatic heterocycles. The average Bonchev–Trinajstić information content (AvgIpc) is 2.80. The lowest BCUT2D eigenvalue weighted by molar-refractivity contribution is -0.0125. The predicted octanol–water partition coefficient (Wildman–Crippen LogP) is 0.887. The Morgan fingerprint density at radius 2 is 2.33 bits per heavy atom. The Bertz CT molecular complexity index is 286. The van der Waals surface area contributed by atoms with Crippen molar-refractivity contribution in [2.75, 3.05) is 19.8 Å². The molecule has 1 aromatic rings. The minimum absolute atomic E-state index is 0.0419. The number of rotatable bonds is 4. The van der Waals surface area contributed by atoms with E-state index in [-0.39, 0.29) is 12.2 Å². The van der Waals surface area contributed by atoms with Crippen molar-refractivity contribution in [2.45, 2.75) is 18.6 Å². The highest BCUT2D eigenvalue weighted by Crippen LogP contribution is 2.20. The largest absolute Gasteiger partial charge is 0.379 e. The summed E-state index contributed by atoms with van der Waals surface area (Å²) in [5, 5.41) is 0. The molecular weight excluding hydrogens is 192 g/mol. The van der Waals surface area contributed by atoms with Gasteiger partial charge in [-0.3, -0.25) is 4.98 Å². The third-order valence-corrected chi connectivity index (χ3v) is 2.54. The molecule has 0 saturated carbocycles. The molecule has 4 nitrogen and oxygen atoms in total. The number of ether oxygens (including phenoxy) is 2. The van der Waals surface area contributed by atoms with Gasteiger partial charge in [-0.1, -0.05) is 0 Å². The van der Waals surface area contributed by atoms with E-state index in [4.69, 9.17) is 15.2 Å². The average molecular weight is 208 g/mol. The molecule has 2 atom stereocenters. The van der Waals surface area contributed by atoms with Gasteiger partial charge in [0, 0.05) is 25.5 Å². The number of hydrogen-bond donors (Lipinski definition) is 1. The molecule has 2 N–H and O–H groups in total. The summed E-state index contributed by atoms with van der Waals surface area (Å²) in [5.41, 5.74) is 6.78. The van der Waals surface area contributed by atoms with Crippen molar-refractivity contribution in [3.63, 3.8) is 0 Å². The zero-order valence-corrected chi connectivity index (χ0v) is 8.63. The molecule has 2 heterocycles. The summed E-state index contributed by atoms with van der Waals surface area (Å²) in [4.78, 5) is 3.97. The van der Waals surface area contributed by atoms with Crippen LogP contribution in [0, 0.1) is 0 Å². The highest BCUT2D eigenvalue weighted by molar-refractivity contribution is 5.13. The summed E-state index contributed by atoms with van der Waals surface area (Å²) < 4.78 is 11.1. The third kappa shape index (κ3) is 2.75. The van der Waals surface area contributed by atoms with Gasteiger partial charge in [0.1, 0.15) is 0 Å². The summed E-state index contributed by atoms with van der Waals surface area (Å²) in [6.45, 7) is 1.96. The third-order valence-electron chi connectivity index (χ3n) is 2.54. The molecule has 0 bridgehead atoms. The first kappa shape index (κ1) is 10.5. The maximum atomic E-state index is 5.87. The van der Waals surface area contributed by atoms with Gasteiger partial charge in [-0.2, -0.15) is 0 Å². The minimum Gasteiger partial charge on any atom is -0.379 e. The molecule has 0 aromatic carbocycles. The molecule has 4 heteroatoms. The fourth-order valence-corrected chi connectivity index (χ4v) is 1.70.